The fraction of sp³-hybridized carbons (Fsp3) is 0.250. The van der Waals surface area contributed by atoms with Gasteiger partial charge in [0.15, 0.2) is 0 Å². The normalized spacial score (nSPS) is 9.77. The van der Waals surface area contributed by atoms with E-state index in [-0.39, 0.29) is 11.7 Å². The number of carbonyl (C=O) groups excluding carboxylic acids is 1. The van der Waals surface area contributed by atoms with Crippen molar-refractivity contribution in [1.29, 1.82) is 0 Å². The topological polar surface area (TPSA) is 59.2 Å². The van der Waals surface area contributed by atoms with E-state index in [2.05, 4.69) is 4.98 Å². The van der Waals surface area contributed by atoms with Gasteiger partial charge in [-0.15, -0.1) is 0 Å². The molecule has 0 fully saturated rings. The average molecular weight is 200 g/mol. The zero-order valence-electron chi connectivity index (χ0n) is 7.41. The maximum atomic E-state index is 11.5. The van der Waals surface area contributed by atoms with Crippen molar-refractivity contribution in [3.8, 4) is 0 Å². The number of halogens is 1. The van der Waals surface area contributed by atoms with Crippen molar-refractivity contribution < 1.29 is 4.79 Å². The summed E-state index contributed by atoms with van der Waals surface area (Å²) in [6.45, 7) is 0. The molecule has 1 heterocycles. The fourth-order valence-electron chi connectivity index (χ4n) is 0.860. The minimum Gasteiger partial charge on any atom is -0.384 e. The minimum absolute atomic E-state index is 0.181. The molecular formula is C8H10ClN3O. The summed E-state index contributed by atoms with van der Waals surface area (Å²) in [5.41, 5.74) is 5.80. The lowest BCUT2D eigenvalue weighted by Gasteiger charge is -2.11. The molecule has 0 bridgehead atoms. The first-order valence-corrected chi connectivity index (χ1v) is 4.03. The van der Waals surface area contributed by atoms with Crippen LogP contribution >= 0.6 is 11.6 Å². The lowest BCUT2D eigenvalue weighted by atomic mass is 10.2. The van der Waals surface area contributed by atoms with E-state index in [4.69, 9.17) is 17.3 Å². The minimum atomic E-state index is -0.181. The zero-order valence-corrected chi connectivity index (χ0v) is 8.17. The van der Waals surface area contributed by atoms with Crippen LogP contribution in [-0.4, -0.2) is 29.9 Å². The van der Waals surface area contributed by atoms with Crippen molar-refractivity contribution in [3.05, 3.63) is 22.8 Å². The Morgan fingerprint density at radius 2 is 2.23 bits per heavy atom. The van der Waals surface area contributed by atoms with E-state index >= 15 is 0 Å². The Kier molecular flexibility index (Phi) is 2.72. The van der Waals surface area contributed by atoms with Gasteiger partial charge in [-0.3, -0.25) is 4.79 Å². The summed E-state index contributed by atoms with van der Waals surface area (Å²) in [7, 11) is 3.30. The van der Waals surface area contributed by atoms with E-state index in [0.717, 1.165) is 0 Å². The van der Waals surface area contributed by atoms with Gasteiger partial charge in [0.25, 0.3) is 5.91 Å². The highest BCUT2D eigenvalue weighted by Crippen LogP contribution is 2.17. The number of hydrogen-bond donors (Lipinski definition) is 1. The predicted octanol–water partition coefficient (Wildman–Crippen LogP) is 1.02. The van der Waals surface area contributed by atoms with Gasteiger partial charge >= 0.3 is 0 Å². The lowest BCUT2D eigenvalue weighted by Crippen LogP contribution is -2.22. The molecule has 2 N–H and O–H groups in total. The monoisotopic (exact) mass is 199 g/mol. The van der Waals surface area contributed by atoms with Gasteiger partial charge in [-0.1, -0.05) is 11.6 Å². The number of nitrogens with zero attached hydrogens (tertiary/aromatic N) is 2. The predicted molar refractivity (Wildman–Crippen MR) is 51.7 cm³/mol. The molecule has 1 aromatic heterocycles. The standard InChI is InChI=1S/C8H10ClN3O/c1-12(2)8(13)5-3-7(10)11-4-6(5)9/h3-4H,1-2H3,(H2,10,11). The summed E-state index contributed by atoms with van der Waals surface area (Å²) < 4.78 is 0. The maximum absolute atomic E-state index is 11.5. The number of rotatable bonds is 1. The van der Waals surface area contributed by atoms with E-state index in [0.29, 0.717) is 10.6 Å². The molecule has 0 spiro atoms. The maximum Gasteiger partial charge on any atom is 0.255 e. The highest BCUT2D eigenvalue weighted by atomic mass is 35.5. The fourth-order valence-corrected chi connectivity index (χ4v) is 1.04. The largest absolute Gasteiger partial charge is 0.384 e. The molecule has 0 radical (unpaired) electrons. The van der Waals surface area contributed by atoms with Crippen molar-refractivity contribution >= 4 is 23.3 Å². The Morgan fingerprint density at radius 1 is 1.62 bits per heavy atom. The van der Waals surface area contributed by atoms with Crippen molar-refractivity contribution in [2.24, 2.45) is 0 Å². The molecule has 0 unspecified atom stereocenters. The molecule has 0 aliphatic heterocycles. The van der Waals surface area contributed by atoms with Crippen molar-refractivity contribution in [2.75, 3.05) is 19.8 Å². The van der Waals surface area contributed by atoms with Gasteiger partial charge < -0.3 is 10.6 Å². The van der Waals surface area contributed by atoms with Gasteiger partial charge in [0, 0.05) is 20.3 Å². The molecule has 0 saturated carbocycles. The van der Waals surface area contributed by atoms with Crippen molar-refractivity contribution in [1.82, 2.24) is 9.88 Å². The Hall–Kier alpha value is -1.29. The first kappa shape index (κ1) is 9.80. The van der Waals surface area contributed by atoms with Crippen LogP contribution in [0.15, 0.2) is 12.3 Å². The van der Waals surface area contributed by atoms with Crippen LogP contribution in [0, 0.1) is 0 Å². The number of aromatic nitrogens is 1. The second kappa shape index (κ2) is 3.62. The number of hydrogen-bond acceptors (Lipinski definition) is 3. The first-order valence-electron chi connectivity index (χ1n) is 3.65. The molecule has 0 atom stereocenters. The van der Waals surface area contributed by atoms with Gasteiger partial charge in [-0.05, 0) is 6.07 Å². The Labute approximate surface area is 81.3 Å². The Bertz CT molecular complexity index is 338. The van der Waals surface area contributed by atoms with Gasteiger partial charge in [0.1, 0.15) is 5.82 Å². The molecule has 13 heavy (non-hydrogen) atoms. The number of amides is 1. The van der Waals surface area contributed by atoms with Crippen LogP contribution in [0.25, 0.3) is 0 Å². The van der Waals surface area contributed by atoms with Crippen LogP contribution in [0.5, 0.6) is 0 Å². The molecule has 1 amide bonds. The SMILES string of the molecule is CN(C)C(=O)c1cc(N)ncc1Cl. The van der Waals surface area contributed by atoms with Gasteiger partial charge in [-0.2, -0.15) is 0 Å². The van der Waals surface area contributed by atoms with E-state index in [1.807, 2.05) is 0 Å². The van der Waals surface area contributed by atoms with E-state index < -0.39 is 0 Å². The molecule has 1 aromatic rings. The Balaban J connectivity index is 3.13. The second-order valence-electron chi connectivity index (χ2n) is 2.79. The van der Waals surface area contributed by atoms with Crippen LogP contribution in [0.1, 0.15) is 10.4 Å². The number of carbonyl (C=O) groups is 1. The van der Waals surface area contributed by atoms with Gasteiger partial charge in [-0.25, -0.2) is 4.98 Å². The Morgan fingerprint density at radius 3 is 2.77 bits per heavy atom. The summed E-state index contributed by atoms with van der Waals surface area (Å²) >= 11 is 5.77. The lowest BCUT2D eigenvalue weighted by molar-refractivity contribution is 0.0827. The van der Waals surface area contributed by atoms with Crippen LogP contribution in [-0.2, 0) is 0 Å². The number of nitrogen functional groups attached to an aromatic ring is 1. The van der Waals surface area contributed by atoms with E-state index in [1.54, 1.807) is 14.1 Å². The molecule has 0 saturated heterocycles. The van der Waals surface area contributed by atoms with E-state index in [9.17, 15) is 4.79 Å². The molecule has 0 aliphatic carbocycles. The summed E-state index contributed by atoms with van der Waals surface area (Å²) in [5, 5.41) is 0.313. The van der Waals surface area contributed by atoms with Crippen LogP contribution in [0.4, 0.5) is 5.82 Å². The number of nitrogens with two attached hydrogens (primary N) is 1. The molecule has 0 aliphatic rings. The van der Waals surface area contributed by atoms with E-state index in [1.165, 1.54) is 17.2 Å². The molecule has 1 rings (SSSR count). The summed E-state index contributed by atoms with van der Waals surface area (Å²) in [6.07, 6.45) is 1.37. The molecule has 0 aromatic carbocycles. The zero-order chi connectivity index (χ0) is 10.0. The second-order valence-corrected chi connectivity index (χ2v) is 3.20. The van der Waals surface area contributed by atoms with Gasteiger partial charge in [0.05, 0.1) is 10.6 Å². The summed E-state index contributed by atoms with van der Waals surface area (Å²) in [5.74, 6) is 0.105. The van der Waals surface area contributed by atoms with Gasteiger partial charge in [0.2, 0.25) is 0 Å². The van der Waals surface area contributed by atoms with Crippen LogP contribution in [0.2, 0.25) is 5.02 Å². The highest BCUT2D eigenvalue weighted by molar-refractivity contribution is 6.33. The molecule has 70 valence electrons. The van der Waals surface area contributed by atoms with Crippen molar-refractivity contribution in [2.45, 2.75) is 0 Å². The first-order chi connectivity index (χ1) is 6.02. The number of pyridine rings is 1. The third kappa shape index (κ3) is 2.09. The smallest absolute Gasteiger partial charge is 0.255 e. The third-order valence-corrected chi connectivity index (χ3v) is 1.81. The average Bonchev–Trinajstić information content (AvgIpc) is 2.08. The van der Waals surface area contributed by atoms with Crippen LogP contribution < -0.4 is 5.73 Å². The molecular weight excluding hydrogens is 190 g/mol. The quantitative estimate of drug-likeness (QED) is 0.735. The number of anilines is 1. The highest BCUT2D eigenvalue weighted by Gasteiger charge is 2.12. The summed E-state index contributed by atoms with van der Waals surface area (Å²) in [6, 6.07) is 1.46. The molecule has 4 nitrogen and oxygen atoms in total. The molecule has 5 heteroatoms. The van der Waals surface area contributed by atoms with Crippen molar-refractivity contribution in [3.63, 3.8) is 0 Å². The summed E-state index contributed by atoms with van der Waals surface area (Å²) in [4.78, 5) is 16.7. The third-order valence-electron chi connectivity index (χ3n) is 1.51. The van der Waals surface area contributed by atoms with Crippen LogP contribution in [0.3, 0.4) is 0 Å².